The van der Waals surface area contributed by atoms with E-state index in [2.05, 4.69) is 63.6 Å². The molecule has 7 heteroatoms. The molecule has 0 aliphatic rings. The van der Waals surface area contributed by atoms with Gasteiger partial charge in [0.25, 0.3) is 0 Å². The van der Waals surface area contributed by atoms with E-state index in [1.807, 2.05) is 42.4 Å². The van der Waals surface area contributed by atoms with Gasteiger partial charge in [0.05, 0.1) is 11.4 Å². The van der Waals surface area contributed by atoms with Gasteiger partial charge < -0.3 is 5.32 Å². The third kappa shape index (κ3) is 3.26. The molecule has 4 rings (SSSR count). The van der Waals surface area contributed by atoms with Gasteiger partial charge in [0.2, 0.25) is 0 Å². The summed E-state index contributed by atoms with van der Waals surface area (Å²) in [5.74, 6) is 2.17. The number of rotatable bonds is 4. The molecule has 0 atom stereocenters. The molecule has 0 bridgehead atoms. The molecule has 142 valence electrons. The van der Waals surface area contributed by atoms with E-state index in [1.165, 1.54) is 11.9 Å². The van der Waals surface area contributed by atoms with Crippen molar-refractivity contribution < 1.29 is 0 Å². The number of hydrogen-bond acceptors (Lipinski definition) is 5. The van der Waals surface area contributed by atoms with Crippen molar-refractivity contribution in [2.75, 3.05) is 5.32 Å². The lowest BCUT2D eigenvalue weighted by Gasteiger charge is -2.07. The second-order valence-electron chi connectivity index (χ2n) is 7.04. The van der Waals surface area contributed by atoms with Crippen molar-refractivity contribution in [1.29, 1.82) is 0 Å². The van der Waals surface area contributed by atoms with Gasteiger partial charge in [-0.15, -0.1) is 0 Å². The van der Waals surface area contributed by atoms with Crippen molar-refractivity contribution in [3.05, 3.63) is 65.2 Å². The second-order valence-corrected chi connectivity index (χ2v) is 7.04. The van der Waals surface area contributed by atoms with Gasteiger partial charge in [0.15, 0.2) is 11.6 Å². The van der Waals surface area contributed by atoms with Gasteiger partial charge in [0.1, 0.15) is 12.1 Å². The van der Waals surface area contributed by atoms with Crippen LogP contribution in [0.3, 0.4) is 0 Å². The highest BCUT2D eigenvalue weighted by Gasteiger charge is 2.15. The Morgan fingerprint density at radius 3 is 2.32 bits per heavy atom. The fourth-order valence-electron chi connectivity index (χ4n) is 3.38. The third-order valence-corrected chi connectivity index (χ3v) is 4.73. The second kappa shape index (κ2) is 6.92. The quantitative estimate of drug-likeness (QED) is 0.584. The summed E-state index contributed by atoms with van der Waals surface area (Å²) in [5.41, 5.74) is 6.50. The van der Waals surface area contributed by atoms with Gasteiger partial charge in [-0.1, -0.05) is 29.8 Å². The molecule has 0 saturated carbocycles. The lowest BCUT2D eigenvalue weighted by atomic mass is 10.1. The van der Waals surface area contributed by atoms with Gasteiger partial charge in [-0.25, -0.2) is 14.6 Å². The number of aryl methyl sites for hydroxylation is 4. The summed E-state index contributed by atoms with van der Waals surface area (Å²) in [5, 5.41) is 12.5. The standard InChI is InChI=1S/C21H23N7/c1-13-6-8-17(9-7-13)20-16(4)21(26-27(20)5)24-18-11-19(23-12-22-18)28-15(3)10-14(2)25-28/h6-12H,1-5H3,(H,22,23,24,26). The van der Waals surface area contributed by atoms with Crippen LogP contribution in [0.2, 0.25) is 0 Å². The molecule has 0 saturated heterocycles. The molecular formula is C21H23N7. The topological polar surface area (TPSA) is 73.5 Å². The zero-order valence-electron chi connectivity index (χ0n) is 16.7. The highest BCUT2D eigenvalue weighted by atomic mass is 15.3. The molecular weight excluding hydrogens is 350 g/mol. The molecule has 1 aromatic carbocycles. The Morgan fingerprint density at radius 2 is 1.64 bits per heavy atom. The molecule has 0 spiro atoms. The molecule has 3 aromatic heterocycles. The first-order valence-electron chi connectivity index (χ1n) is 9.15. The Labute approximate surface area is 164 Å². The maximum absolute atomic E-state index is 4.65. The van der Waals surface area contributed by atoms with Crippen LogP contribution >= 0.6 is 0 Å². The first-order chi connectivity index (χ1) is 13.4. The minimum Gasteiger partial charge on any atom is -0.323 e. The van der Waals surface area contributed by atoms with Crippen molar-refractivity contribution in [2.24, 2.45) is 7.05 Å². The van der Waals surface area contributed by atoms with Crippen LogP contribution in [0.15, 0.2) is 42.7 Å². The van der Waals surface area contributed by atoms with E-state index in [4.69, 9.17) is 0 Å². The minimum absolute atomic E-state index is 0.675. The fraction of sp³-hybridized carbons (Fsp3) is 0.238. The zero-order valence-corrected chi connectivity index (χ0v) is 16.7. The molecule has 4 aromatic rings. The Morgan fingerprint density at radius 1 is 0.893 bits per heavy atom. The predicted octanol–water partition coefficient (Wildman–Crippen LogP) is 4.04. The summed E-state index contributed by atoms with van der Waals surface area (Å²) in [6.07, 6.45) is 1.53. The largest absolute Gasteiger partial charge is 0.323 e. The SMILES string of the molecule is Cc1ccc(-c2c(C)c(Nc3cc(-n4nc(C)cc4C)ncn3)nn2C)cc1. The molecule has 1 N–H and O–H groups in total. The van der Waals surface area contributed by atoms with Crippen LogP contribution in [0.1, 0.15) is 22.5 Å². The van der Waals surface area contributed by atoms with Gasteiger partial charge in [-0.05, 0) is 33.8 Å². The van der Waals surface area contributed by atoms with Crippen LogP contribution in [0, 0.1) is 27.7 Å². The van der Waals surface area contributed by atoms with Crippen molar-refractivity contribution in [3.8, 4) is 17.1 Å². The van der Waals surface area contributed by atoms with Gasteiger partial charge in [-0.3, -0.25) is 4.68 Å². The van der Waals surface area contributed by atoms with Crippen LogP contribution in [-0.4, -0.2) is 29.5 Å². The summed E-state index contributed by atoms with van der Waals surface area (Å²) in [6.45, 7) is 8.12. The normalized spacial score (nSPS) is 11.0. The third-order valence-electron chi connectivity index (χ3n) is 4.73. The average molecular weight is 373 g/mol. The highest BCUT2D eigenvalue weighted by Crippen LogP contribution is 2.29. The molecule has 0 aliphatic carbocycles. The van der Waals surface area contributed by atoms with E-state index in [0.717, 1.165) is 39.8 Å². The lowest BCUT2D eigenvalue weighted by Crippen LogP contribution is -2.04. The van der Waals surface area contributed by atoms with E-state index in [-0.39, 0.29) is 0 Å². The summed E-state index contributed by atoms with van der Waals surface area (Å²) >= 11 is 0. The summed E-state index contributed by atoms with van der Waals surface area (Å²) in [7, 11) is 1.95. The number of nitrogens with one attached hydrogen (secondary N) is 1. The highest BCUT2D eigenvalue weighted by molar-refractivity contribution is 5.71. The van der Waals surface area contributed by atoms with Crippen molar-refractivity contribution >= 4 is 11.6 Å². The molecule has 28 heavy (non-hydrogen) atoms. The van der Waals surface area contributed by atoms with Crippen LogP contribution in [-0.2, 0) is 7.05 Å². The monoisotopic (exact) mass is 373 g/mol. The maximum Gasteiger partial charge on any atom is 0.159 e. The predicted molar refractivity (Wildman–Crippen MR) is 110 cm³/mol. The maximum atomic E-state index is 4.65. The molecule has 3 heterocycles. The van der Waals surface area contributed by atoms with Gasteiger partial charge >= 0.3 is 0 Å². The van der Waals surface area contributed by atoms with Crippen LogP contribution < -0.4 is 5.32 Å². The lowest BCUT2D eigenvalue weighted by molar-refractivity contribution is 0.778. The number of aromatic nitrogens is 6. The number of hydrogen-bond donors (Lipinski definition) is 1. The van der Waals surface area contributed by atoms with Gasteiger partial charge in [0, 0.05) is 29.9 Å². The summed E-state index contributed by atoms with van der Waals surface area (Å²) < 4.78 is 3.71. The van der Waals surface area contributed by atoms with E-state index >= 15 is 0 Å². The number of anilines is 2. The molecule has 0 fully saturated rings. The number of benzene rings is 1. The Kier molecular flexibility index (Phi) is 4.43. The molecule has 7 nitrogen and oxygen atoms in total. The first-order valence-corrected chi connectivity index (χ1v) is 9.15. The first kappa shape index (κ1) is 17.9. The van der Waals surface area contributed by atoms with Crippen molar-refractivity contribution in [3.63, 3.8) is 0 Å². The molecule has 0 aliphatic heterocycles. The van der Waals surface area contributed by atoms with Crippen LogP contribution in [0.25, 0.3) is 17.1 Å². The number of nitrogens with zero attached hydrogens (tertiary/aromatic N) is 6. The fourth-order valence-corrected chi connectivity index (χ4v) is 3.38. The molecule has 0 unspecified atom stereocenters. The Hall–Kier alpha value is -3.48. The Balaban J connectivity index is 1.67. The zero-order chi connectivity index (χ0) is 19.8. The van der Waals surface area contributed by atoms with Crippen LogP contribution in [0.4, 0.5) is 11.6 Å². The van der Waals surface area contributed by atoms with Crippen LogP contribution in [0.5, 0.6) is 0 Å². The molecule has 0 amide bonds. The van der Waals surface area contributed by atoms with E-state index < -0.39 is 0 Å². The van der Waals surface area contributed by atoms with E-state index in [1.54, 1.807) is 0 Å². The summed E-state index contributed by atoms with van der Waals surface area (Å²) in [6, 6.07) is 12.4. The Bertz CT molecular complexity index is 1140. The van der Waals surface area contributed by atoms with E-state index in [9.17, 15) is 0 Å². The smallest absolute Gasteiger partial charge is 0.159 e. The van der Waals surface area contributed by atoms with Crippen molar-refractivity contribution in [2.45, 2.75) is 27.7 Å². The average Bonchev–Trinajstić information content (AvgIpc) is 3.14. The minimum atomic E-state index is 0.675. The van der Waals surface area contributed by atoms with Crippen molar-refractivity contribution in [1.82, 2.24) is 29.5 Å². The van der Waals surface area contributed by atoms with E-state index in [0.29, 0.717) is 5.82 Å². The van der Waals surface area contributed by atoms with Gasteiger partial charge in [-0.2, -0.15) is 10.2 Å². The summed E-state index contributed by atoms with van der Waals surface area (Å²) in [4.78, 5) is 8.70. The molecule has 0 radical (unpaired) electrons.